The van der Waals surface area contributed by atoms with Gasteiger partial charge in [0, 0.05) is 5.33 Å². The van der Waals surface area contributed by atoms with E-state index in [2.05, 4.69) is 38.8 Å². The van der Waals surface area contributed by atoms with E-state index < -0.39 is 0 Å². The Morgan fingerprint density at radius 3 is 2.86 bits per heavy atom. The first-order chi connectivity index (χ1) is 6.64. The van der Waals surface area contributed by atoms with Crippen molar-refractivity contribution in [3.05, 3.63) is 22.6 Å². The van der Waals surface area contributed by atoms with Gasteiger partial charge in [-0.3, -0.25) is 0 Å². The Morgan fingerprint density at radius 2 is 2.36 bits per heavy atom. The summed E-state index contributed by atoms with van der Waals surface area (Å²) in [7, 11) is 0. The minimum atomic E-state index is -0.246. The van der Waals surface area contributed by atoms with Crippen LogP contribution in [0.1, 0.15) is 25.5 Å². The summed E-state index contributed by atoms with van der Waals surface area (Å²) in [5.41, 5.74) is -0.246. The first kappa shape index (κ1) is 10.7. The number of ether oxygens (including phenoxy) is 1. The van der Waals surface area contributed by atoms with Crippen molar-refractivity contribution < 1.29 is 9.15 Å². The molecule has 0 aliphatic carbocycles. The predicted octanol–water partition coefficient (Wildman–Crippen LogP) is 3.83. The number of rotatable bonds is 2. The summed E-state index contributed by atoms with van der Waals surface area (Å²) in [5.74, 6) is 0.910. The maximum absolute atomic E-state index is 5.94. The lowest BCUT2D eigenvalue weighted by atomic mass is 9.99. The van der Waals surface area contributed by atoms with Crippen LogP contribution in [0.3, 0.4) is 0 Å². The topological polar surface area (TPSA) is 22.4 Å². The zero-order valence-electron chi connectivity index (χ0n) is 7.93. The lowest BCUT2D eigenvalue weighted by Gasteiger charge is -2.21. The Hall–Kier alpha value is 0.200. The molecule has 0 saturated carbocycles. The SMILES string of the molecule is CC1(c2ccc(Br)o2)CCC(CBr)O1. The summed E-state index contributed by atoms with van der Waals surface area (Å²) in [5, 5.41) is 0.893. The van der Waals surface area contributed by atoms with Crippen molar-refractivity contribution in [1.82, 2.24) is 0 Å². The van der Waals surface area contributed by atoms with Gasteiger partial charge in [0.25, 0.3) is 0 Å². The first-order valence-corrected chi connectivity index (χ1v) is 6.55. The van der Waals surface area contributed by atoms with E-state index in [1.54, 1.807) is 0 Å². The van der Waals surface area contributed by atoms with Crippen LogP contribution in [0.25, 0.3) is 0 Å². The molecule has 4 heteroatoms. The quantitative estimate of drug-likeness (QED) is 0.772. The van der Waals surface area contributed by atoms with Crippen LogP contribution in [0, 0.1) is 0 Å². The van der Waals surface area contributed by atoms with E-state index in [9.17, 15) is 0 Å². The summed E-state index contributed by atoms with van der Waals surface area (Å²) < 4.78 is 12.2. The molecular formula is C10H12Br2O2. The fourth-order valence-electron chi connectivity index (χ4n) is 1.81. The predicted molar refractivity (Wildman–Crippen MR) is 61.7 cm³/mol. The Bertz CT molecular complexity index is 324. The fraction of sp³-hybridized carbons (Fsp3) is 0.600. The third-order valence-electron chi connectivity index (χ3n) is 2.64. The molecule has 0 aromatic carbocycles. The van der Waals surface area contributed by atoms with Gasteiger partial charge in [-0.25, -0.2) is 0 Å². The average Bonchev–Trinajstić information content (AvgIpc) is 2.73. The molecule has 2 rings (SSSR count). The molecule has 0 bridgehead atoms. The van der Waals surface area contributed by atoms with Crippen molar-refractivity contribution in [2.45, 2.75) is 31.5 Å². The molecule has 1 saturated heterocycles. The van der Waals surface area contributed by atoms with Crippen LogP contribution in [0.15, 0.2) is 21.2 Å². The maximum Gasteiger partial charge on any atom is 0.169 e. The number of furan rings is 1. The number of hydrogen-bond donors (Lipinski definition) is 0. The molecule has 0 amide bonds. The highest BCUT2D eigenvalue weighted by atomic mass is 79.9. The van der Waals surface area contributed by atoms with Gasteiger partial charge in [0.1, 0.15) is 11.4 Å². The third kappa shape index (κ3) is 1.92. The van der Waals surface area contributed by atoms with Crippen molar-refractivity contribution >= 4 is 31.9 Å². The zero-order chi connectivity index (χ0) is 10.2. The number of hydrogen-bond acceptors (Lipinski definition) is 2. The molecule has 1 aromatic rings. The first-order valence-electron chi connectivity index (χ1n) is 4.64. The van der Waals surface area contributed by atoms with Crippen molar-refractivity contribution in [1.29, 1.82) is 0 Å². The van der Waals surface area contributed by atoms with Gasteiger partial charge in [-0.15, -0.1) is 0 Å². The summed E-state index contributed by atoms with van der Waals surface area (Å²) in [6, 6.07) is 3.88. The standard InChI is InChI=1S/C10H12Br2O2/c1-10(5-4-7(6-11)14-10)8-2-3-9(12)13-8/h2-3,7H,4-6H2,1H3. The van der Waals surface area contributed by atoms with Crippen LogP contribution in [-0.2, 0) is 10.3 Å². The van der Waals surface area contributed by atoms with Crippen molar-refractivity contribution in [2.75, 3.05) is 5.33 Å². The Labute approximate surface area is 100 Å². The smallest absolute Gasteiger partial charge is 0.169 e. The minimum Gasteiger partial charge on any atom is -0.451 e. The van der Waals surface area contributed by atoms with E-state index >= 15 is 0 Å². The molecule has 0 radical (unpaired) electrons. The molecule has 2 unspecified atom stereocenters. The third-order valence-corrected chi connectivity index (χ3v) is 3.79. The van der Waals surface area contributed by atoms with Crippen LogP contribution in [-0.4, -0.2) is 11.4 Å². The molecule has 1 aliphatic rings. The second kappa shape index (κ2) is 3.99. The van der Waals surface area contributed by atoms with E-state index in [-0.39, 0.29) is 5.60 Å². The van der Waals surface area contributed by atoms with Crippen LogP contribution < -0.4 is 0 Å². The van der Waals surface area contributed by atoms with Crippen LogP contribution >= 0.6 is 31.9 Å². The number of alkyl halides is 1. The summed E-state index contributed by atoms with van der Waals surface area (Å²) >= 11 is 6.74. The summed E-state index contributed by atoms with van der Waals surface area (Å²) in [6.45, 7) is 2.08. The second-order valence-corrected chi connectivity index (χ2v) is 5.20. The Balaban J connectivity index is 2.18. The molecule has 2 atom stereocenters. The van der Waals surface area contributed by atoms with Gasteiger partial charge in [0.05, 0.1) is 6.10 Å². The van der Waals surface area contributed by atoms with Gasteiger partial charge in [0.2, 0.25) is 0 Å². The molecule has 0 N–H and O–H groups in total. The van der Waals surface area contributed by atoms with E-state index in [1.165, 1.54) is 0 Å². The molecule has 2 heterocycles. The highest BCUT2D eigenvalue weighted by Gasteiger charge is 2.39. The maximum atomic E-state index is 5.94. The van der Waals surface area contributed by atoms with Crippen LogP contribution in [0.4, 0.5) is 0 Å². The van der Waals surface area contributed by atoms with Gasteiger partial charge in [-0.2, -0.15) is 0 Å². The molecule has 78 valence electrons. The summed E-state index contributed by atoms with van der Waals surface area (Å²) in [6.07, 6.45) is 2.41. The highest BCUT2D eigenvalue weighted by Crippen LogP contribution is 2.40. The van der Waals surface area contributed by atoms with Gasteiger partial charge < -0.3 is 9.15 Å². The van der Waals surface area contributed by atoms with Crippen LogP contribution in [0.5, 0.6) is 0 Å². The minimum absolute atomic E-state index is 0.246. The van der Waals surface area contributed by atoms with Crippen molar-refractivity contribution in [3.63, 3.8) is 0 Å². The van der Waals surface area contributed by atoms with Gasteiger partial charge in [-0.1, -0.05) is 15.9 Å². The van der Waals surface area contributed by atoms with E-state index in [0.717, 1.165) is 28.6 Å². The van der Waals surface area contributed by atoms with Gasteiger partial charge in [-0.05, 0) is 47.8 Å². The van der Waals surface area contributed by atoms with E-state index in [1.807, 2.05) is 12.1 Å². The molecule has 2 nitrogen and oxygen atoms in total. The van der Waals surface area contributed by atoms with E-state index in [0.29, 0.717) is 6.10 Å². The van der Waals surface area contributed by atoms with Crippen molar-refractivity contribution in [3.8, 4) is 0 Å². The van der Waals surface area contributed by atoms with Crippen molar-refractivity contribution in [2.24, 2.45) is 0 Å². The molecule has 14 heavy (non-hydrogen) atoms. The lowest BCUT2D eigenvalue weighted by molar-refractivity contribution is -0.0368. The van der Waals surface area contributed by atoms with Gasteiger partial charge >= 0.3 is 0 Å². The molecular weight excluding hydrogens is 312 g/mol. The van der Waals surface area contributed by atoms with Crippen LogP contribution in [0.2, 0.25) is 0 Å². The highest BCUT2D eigenvalue weighted by molar-refractivity contribution is 9.10. The fourth-order valence-corrected chi connectivity index (χ4v) is 2.57. The second-order valence-electron chi connectivity index (χ2n) is 3.77. The molecule has 1 fully saturated rings. The Kier molecular flexibility index (Phi) is 3.05. The molecule has 1 aliphatic heterocycles. The zero-order valence-corrected chi connectivity index (χ0v) is 11.1. The van der Waals surface area contributed by atoms with Gasteiger partial charge in [0.15, 0.2) is 4.67 Å². The lowest BCUT2D eigenvalue weighted by Crippen LogP contribution is -2.22. The molecule has 0 spiro atoms. The normalized spacial score (nSPS) is 32.4. The largest absolute Gasteiger partial charge is 0.451 e. The number of halogens is 2. The van der Waals surface area contributed by atoms with E-state index in [4.69, 9.17) is 9.15 Å². The summed E-state index contributed by atoms with van der Waals surface area (Å²) in [4.78, 5) is 0. The average molecular weight is 324 g/mol. The Morgan fingerprint density at radius 1 is 1.57 bits per heavy atom. The monoisotopic (exact) mass is 322 g/mol. The molecule has 1 aromatic heterocycles.